The molecule has 0 aliphatic rings. The number of carbonyl (C=O) groups is 2. The van der Waals surface area contributed by atoms with Gasteiger partial charge in [-0.3, -0.25) is 4.79 Å². The largest absolute Gasteiger partial charge is 0.481 e. The summed E-state index contributed by atoms with van der Waals surface area (Å²) in [6.45, 7) is 2.89. The summed E-state index contributed by atoms with van der Waals surface area (Å²) >= 11 is 0. The molecule has 0 saturated heterocycles. The first-order valence-corrected chi connectivity index (χ1v) is 5.10. The molecule has 0 bridgehead atoms. The van der Waals surface area contributed by atoms with Gasteiger partial charge in [-0.2, -0.15) is 0 Å². The van der Waals surface area contributed by atoms with Crippen molar-refractivity contribution in [1.29, 1.82) is 0 Å². The third-order valence-electron chi connectivity index (χ3n) is 2.61. The average molecular weight is 258 g/mol. The first kappa shape index (κ1) is 14.1. The molecule has 1 aromatic rings. The number of rotatable bonds is 4. The van der Waals surface area contributed by atoms with E-state index in [1.807, 2.05) is 0 Å². The predicted molar refractivity (Wildman–Crippen MR) is 58.6 cm³/mol. The van der Waals surface area contributed by atoms with Crippen molar-refractivity contribution in [1.82, 2.24) is 0 Å². The summed E-state index contributed by atoms with van der Waals surface area (Å²) in [5, 5.41) is 17.3. The van der Waals surface area contributed by atoms with Crippen LogP contribution in [-0.4, -0.2) is 22.2 Å². The van der Waals surface area contributed by atoms with Crippen LogP contribution in [0.1, 0.15) is 36.2 Å². The highest BCUT2D eigenvalue weighted by atomic mass is 19.1. The molecule has 0 atom stereocenters. The molecule has 0 radical (unpaired) electrons. The molecule has 0 amide bonds. The maximum atomic E-state index is 13.7. The van der Waals surface area contributed by atoms with Crippen LogP contribution >= 0.6 is 0 Å². The minimum absolute atomic E-state index is 0.160. The zero-order valence-electron chi connectivity index (χ0n) is 9.83. The van der Waals surface area contributed by atoms with E-state index in [0.717, 1.165) is 6.07 Å². The standard InChI is InChI=1S/C12H12F2O4/c1-12(2,5-10(15)16)7-4-8(13)6(11(17)18)3-9(7)14/h3-4H,5H2,1-2H3,(H,15,16)(H,17,18). The van der Waals surface area contributed by atoms with Crippen molar-refractivity contribution in [2.24, 2.45) is 0 Å². The average Bonchev–Trinajstić information content (AvgIpc) is 2.18. The molecule has 0 spiro atoms. The lowest BCUT2D eigenvalue weighted by Crippen LogP contribution is -2.24. The van der Waals surface area contributed by atoms with Crippen molar-refractivity contribution in [3.8, 4) is 0 Å². The molecule has 0 aliphatic heterocycles. The lowest BCUT2D eigenvalue weighted by Gasteiger charge is -2.24. The molecule has 6 heteroatoms. The quantitative estimate of drug-likeness (QED) is 0.869. The number of aliphatic carboxylic acids is 1. The Kier molecular flexibility index (Phi) is 3.69. The lowest BCUT2D eigenvalue weighted by molar-refractivity contribution is -0.138. The van der Waals surface area contributed by atoms with Crippen LogP contribution in [0.2, 0.25) is 0 Å². The monoisotopic (exact) mass is 258 g/mol. The molecule has 98 valence electrons. The Balaban J connectivity index is 3.31. The molecule has 0 fully saturated rings. The fourth-order valence-corrected chi connectivity index (χ4v) is 1.70. The van der Waals surface area contributed by atoms with E-state index in [9.17, 15) is 18.4 Å². The van der Waals surface area contributed by atoms with E-state index in [4.69, 9.17) is 10.2 Å². The summed E-state index contributed by atoms with van der Waals surface area (Å²) in [5.74, 6) is -4.74. The van der Waals surface area contributed by atoms with E-state index < -0.39 is 41.0 Å². The van der Waals surface area contributed by atoms with Gasteiger partial charge in [0.15, 0.2) is 0 Å². The Morgan fingerprint density at radius 1 is 1.17 bits per heavy atom. The van der Waals surface area contributed by atoms with Gasteiger partial charge in [-0.15, -0.1) is 0 Å². The van der Waals surface area contributed by atoms with Crippen LogP contribution in [0.5, 0.6) is 0 Å². The van der Waals surface area contributed by atoms with E-state index in [1.165, 1.54) is 13.8 Å². The van der Waals surface area contributed by atoms with Gasteiger partial charge in [0.25, 0.3) is 0 Å². The van der Waals surface area contributed by atoms with E-state index in [0.29, 0.717) is 6.07 Å². The molecule has 4 nitrogen and oxygen atoms in total. The summed E-state index contributed by atoms with van der Waals surface area (Å²) in [5.41, 5.74) is -2.07. The molecule has 0 heterocycles. The van der Waals surface area contributed by atoms with Gasteiger partial charge in [0.05, 0.1) is 12.0 Å². The van der Waals surface area contributed by atoms with Gasteiger partial charge in [0.1, 0.15) is 11.6 Å². The summed E-state index contributed by atoms with van der Waals surface area (Å²) in [6, 6.07) is 1.30. The number of carboxylic acids is 2. The van der Waals surface area contributed by atoms with Crippen LogP contribution < -0.4 is 0 Å². The topological polar surface area (TPSA) is 74.6 Å². The van der Waals surface area contributed by atoms with Crippen molar-refractivity contribution in [3.05, 3.63) is 34.9 Å². The molecule has 0 unspecified atom stereocenters. The summed E-state index contributed by atoms with van der Waals surface area (Å²) in [6.07, 6.45) is -0.393. The Hall–Kier alpha value is -1.98. The van der Waals surface area contributed by atoms with E-state index in [-0.39, 0.29) is 5.56 Å². The van der Waals surface area contributed by atoms with Gasteiger partial charge >= 0.3 is 11.9 Å². The van der Waals surface area contributed by atoms with E-state index >= 15 is 0 Å². The Bertz CT molecular complexity index is 509. The van der Waals surface area contributed by atoms with Gasteiger partial charge in [0, 0.05) is 5.41 Å². The number of aromatic carboxylic acids is 1. The Morgan fingerprint density at radius 3 is 2.17 bits per heavy atom. The number of hydrogen-bond acceptors (Lipinski definition) is 2. The fraction of sp³-hybridized carbons (Fsp3) is 0.333. The molecule has 1 aromatic carbocycles. The van der Waals surface area contributed by atoms with Gasteiger partial charge in [-0.25, -0.2) is 13.6 Å². The predicted octanol–water partition coefficient (Wildman–Crippen LogP) is 2.42. The minimum Gasteiger partial charge on any atom is -0.481 e. The van der Waals surface area contributed by atoms with E-state index in [2.05, 4.69) is 0 Å². The van der Waals surface area contributed by atoms with Crippen LogP contribution in [0.3, 0.4) is 0 Å². The van der Waals surface area contributed by atoms with Crippen LogP contribution in [0.25, 0.3) is 0 Å². The lowest BCUT2D eigenvalue weighted by atomic mass is 9.81. The molecule has 2 N–H and O–H groups in total. The number of halogens is 2. The smallest absolute Gasteiger partial charge is 0.338 e. The second-order valence-electron chi connectivity index (χ2n) is 4.57. The molecule has 0 aliphatic carbocycles. The zero-order valence-corrected chi connectivity index (χ0v) is 9.83. The fourth-order valence-electron chi connectivity index (χ4n) is 1.70. The molecule has 0 aromatic heterocycles. The van der Waals surface area contributed by atoms with Gasteiger partial charge in [0.2, 0.25) is 0 Å². The van der Waals surface area contributed by atoms with Gasteiger partial charge in [-0.05, 0) is 17.7 Å². The molecule has 0 saturated carbocycles. The van der Waals surface area contributed by atoms with Crippen LogP contribution in [0.4, 0.5) is 8.78 Å². The maximum Gasteiger partial charge on any atom is 0.338 e. The van der Waals surface area contributed by atoms with Gasteiger partial charge in [-0.1, -0.05) is 13.8 Å². The highest BCUT2D eigenvalue weighted by molar-refractivity contribution is 5.88. The maximum absolute atomic E-state index is 13.7. The third kappa shape index (κ3) is 2.82. The van der Waals surface area contributed by atoms with Crippen LogP contribution in [0, 0.1) is 11.6 Å². The van der Waals surface area contributed by atoms with Crippen molar-refractivity contribution >= 4 is 11.9 Å². The summed E-state index contributed by atoms with van der Waals surface area (Å²) in [4.78, 5) is 21.3. The second-order valence-corrected chi connectivity index (χ2v) is 4.57. The highest BCUT2D eigenvalue weighted by Crippen LogP contribution is 2.30. The first-order valence-electron chi connectivity index (χ1n) is 5.10. The van der Waals surface area contributed by atoms with Crippen LogP contribution in [-0.2, 0) is 10.2 Å². The van der Waals surface area contributed by atoms with Crippen molar-refractivity contribution in [3.63, 3.8) is 0 Å². The molecule has 18 heavy (non-hydrogen) atoms. The zero-order chi connectivity index (χ0) is 14.1. The molecular weight excluding hydrogens is 246 g/mol. The normalized spacial score (nSPS) is 11.3. The molecule has 1 rings (SSSR count). The molecular formula is C12H12F2O4. The summed E-state index contributed by atoms with van der Waals surface area (Å²) in [7, 11) is 0. The Labute approximate surface area is 102 Å². The number of benzene rings is 1. The third-order valence-corrected chi connectivity index (χ3v) is 2.61. The van der Waals surface area contributed by atoms with Gasteiger partial charge < -0.3 is 10.2 Å². The second kappa shape index (κ2) is 4.72. The van der Waals surface area contributed by atoms with E-state index in [1.54, 1.807) is 0 Å². The SMILES string of the molecule is CC(C)(CC(=O)O)c1cc(F)c(C(=O)O)cc1F. The first-order chi connectivity index (χ1) is 8.15. The highest BCUT2D eigenvalue weighted by Gasteiger charge is 2.29. The minimum atomic E-state index is -1.58. The summed E-state index contributed by atoms with van der Waals surface area (Å²) < 4.78 is 27.2. The number of carboxylic acid groups (broad SMARTS) is 2. The van der Waals surface area contributed by atoms with Crippen LogP contribution in [0.15, 0.2) is 12.1 Å². The Morgan fingerprint density at radius 2 is 1.72 bits per heavy atom. The van der Waals surface area contributed by atoms with Crippen molar-refractivity contribution in [2.45, 2.75) is 25.7 Å². The van der Waals surface area contributed by atoms with Crippen molar-refractivity contribution in [2.75, 3.05) is 0 Å². The van der Waals surface area contributed by atoms with Crippen molar-refractivity contribution < 1.29 is 28.6 Å². The number of hydrogen-bond donors (Lipinski definition) is 2.